The molecular weight excluding hydrogens is 482 g/mol. The van der Waals surface area contributed by atoms with Crippen LogP contribution >= 0.6 is 0 Å². The predicted octanol–water partition coefficient (Wildman–Crippen LogP) is 7.27. The zero-order valence-corrected chi connectivity index (χ0v) is 23.3. The van der Waals surface area contributed by atoms with Crippen LogP contribution in [0.2, 0.25) is 0 Å². The highest BCUT2D eigenvalue weighted by atomic mass is 16.6. The number of carbonyl (C=O) groups excluding carboxylic acids is 1. The van der Waals surface area contributed by atoms with Crippen molar-refractivity contribution in [2.45, 2.75) is 64.0 Å². The van der Waals surface area contributed by atoms with Gasteiger partial charge in [-0.05, 0) is 49.9 Å². The highest BCUT2D eigenvalue weighted by Gasteiger charge is 2.41. The summed E-state index contributed by atoms with van der Waals surface area (Å²) in [6, 6.07) is 40.8. The summed E-state index contributed by atoms with van der Waals surface area (Å²) in [4.78, 5) is 13.0. The molecule has 4 aromatic rings. The third-order valence-corrected chi connectivity index (χ3v) is 6.69. The van der Waals surface area contributed by atoms with Crippen molar-refractivity contribution in [2.24, 2.45) is 0 Å². The van der Waals surface area contributed by atoms with E-state index < -0.39 is 11.2 Å². The van der Waals surface area contributed by atoms with Gasteiger partial charge in [0.15, 0.2) is 0 Å². The van der Waals surface area contributed by atoms with Gasteiger partial charge >= 0.3 is 5.97 Å². The van der Waals surface area contributed by atoms with Crippen LogP contribution in [0.25, 0.3) is 0 Å². The smallest absolute Gasteiger partial charge is 0.307 e. The Hall–Kier alpha value is -3.73. The maximum absolute atomic E-state index is 13.0. The molecule has 4 aromatic carbocycles. The van der Waals surface area contributed by atoms with E-state index in [2.05, 4.69) is 53.8 Å². The van der Waals surface area contributed by atoms with Crippen molar-refractivity contribution in [1.29, 1.82) is 0 Å². The van der Waals surface area contributed by atoms with Crippen molar-refractivity contribution < 1.29 is 14.3 Å². The van der Waals surface area contributed by atoms with Crippen molar-refractivity contribution in [3.63, 3.8) is 0 Å². The van der Waals surface area contributed by atoms with Gasteiger partial charge in [0, 0.05) is 12.6 Å². The zero-order valence-electron chi connectivity index (χ0n) is 23.3. The molecule has 4 rings (SSSR count). The Morgan fingerprint density at radius 1 is 0.692 bits per heavy atom. The van der Waals surface area contributed by atoms with E-state index in [1.807, 2.05) is 100 Å². The van der Waals surface area contributed by atoms with Crippen molar-refractivity contribution in [2.75, 3.05) is 0 Å². The lowest BCUT2D eigenvalue weighted by Crippen LogP contribution is -2.47. The number of rotatable bonds is 11. The lowest BCUT2D eigenvalue weighted by Gasteiger charge is -2.40. The molecule has 0 amide bonds. The minimum atomic E-state index is -0.885. The molecule has 1 N–H and O–H groups in total. The molecule has 4 nitrogen and oxygen atoms in total. The van der Waals surface area contributed by atoms with E-state index >= 15 is 0 Å². The first-order chi connectivity index (χ1) is 18.8. The van der Waals surface area contributed by atoms with Crippen molar-refractivity contribution >= 4 is 5.97 Å². The molecule has 4 heteroatoms. The van der Waals surface area contributed by atoms with Crippen LogP contribution in [0.5, 0.6) is 0 Å². The summed E-state index contributed by atoms with van der Waals surface area (Å²) in [6.45, 7) is 8.32. The van der Waals surface area contributed by atoms with E-state index in [9.17, 15) is 4.79 Å². The van der Waals surface area contributed by atoms with E-state index in [4.69, 9.17) is 9.47 Å². The molecule has 0 spiro atoms. The van der Waals surface area contributed by atoms with Gasteiger partial charge in [-0.1, -0.05) is 121 Å². The molecule has 0 aliphatic heterocycles. The van der Waals surface area contributed by atoms with E-state index in [1.54, 1.807) is 0 Å². The minimum Gasteiger partial charge on any atom is -0.460 e. The molecule has 0 saturated heterocycles. The first-order valence-corrected chi connectivity index (χ1v) is 13.6. The fraction of sp³-hybridized carbons (Fsp3) is 0.286. The summed E-state index contributed by atoms with van der Waals surface area (Å²) in [5, 5.41) is 3.60. The molecule has 0 aliphatic rings. The van der Waals surface area contributed by atoms with Gasteiger partial charge in [0.2, 0.25) is 0 Å². The van der Waals surface area contributed by atoms with Gasteiger partial charge in [-0.3, -0.25) is 4.79 Å². The Balaban J connectivity index is 1.74. The molecule has 0 aliphatic carbocycles. The lowest BCUT2D eigenvalue weighted by atomic mass is 9.79. The maximum Gasteiger partial charge on any atom is 0.307 e. The SMILES string of the molecule is C[C@H](OC(c1ccccc1)(c1ccccc1)c1ccccc1)[C@@H](CC(=O)OC(C)(C)C)NCc1ccccc1. The molecular formula is C35H39NO3. The normalized spacial score (nSPS) is 13.4. The topological polar surface area (TPSA) is 47.6 Å². The van der Waals surface area contributed by atoms with Gasteiger partial charge < -0.3 is 14.8 Å². The van der Waals surface area contributed by atoms with Crippen LogP contribution < -0.4 is 5.32 Å². The summed E-state index contributed by atoms with van der Waals surface area (Å²) in [6.07, 6.45) is -0.179. The monoisotopic (exact) mass is 521 g/mol. The van der Waals surface area contributed by atoms with Gasteiger partial charge in [0.1, 0.15) is 11.2 Å². The van der Waals surface area contributed by atoms with Gasteiger partial charge in [0.05, 0.1) is 12.5 Å². The van der Waals surface area contributed by atoms with Crippen LogP contribution in [0.1, 0.15) is 56.4 Å². The summed E-state index contributed by atoms with van der Waals surface area (Å²) in [7, 11) is 0. The first-order valence-electron chi connectivity index (χ1n) is 13.6. The lowest BCUT2D eigenvalue weighted by molar-refractivity contribution is -0.157. The highest BCUT2D eigenvalue weighted by molar-refractivity contribution is 5.70. The third kappa shape index (κ3) is 7.44. The average Bonchev–Trinajstić information content (AvgIpc) is 2.95. The number of ether oxygens (including phenoxy) is 2. The molecule has 39 heavy (non-hydrogen) atoms. The third-order valence-electron chi connectivity index (χ3n) is 6.69. The molecule has 0 saturated carbocycles. The van der Waals surface area contributed by atoms with Crippen LogP contribution in [0, 0.1) is 0 Å². The summed E-state index contributed by atoms with van der Waals surface area (Å²) < 4.78 is 12.9. The minimum absolute atomic E-state index is 0.180. The second kappa shape index (κ2) is 12.9. The summed E-state index contributed by atoms with van der Waals surface area (Å²) in [5.74, 6) is -0.256. The van der Waals surface area contributed by atoms with Crippen LogP contribution in [-0.4, -0.2) is 23.7 Å². The van der Waals surface area contributed by atoms with E-state index in [-0.39, 0.29) is 24.5 Å². The second-order valence-electron chi connectivity index (χ2n) is 10.9. The summed E-state index contributed by atoms with van der Waals surface area (Å²) >= 11 is 0. The number of hydrogen-bond acceptors (Lipinski definition) is 4. The molecule has 0 heterocycles. The van der Waals surface area contributed by atoms with Crippen molar-refractivity contribution in [3.05, 3.63) is 144 Å². The fourth-order valence-electron chi connectivity index (χ4n) is 4.90. The first kappa shape index (κ1) is 28.3. The Bertz CT molecular complexity index is 1190. The van der Waals surface area contributed by atoms with Crippen molar-refractivity contribution in [3.8, 4) is 0 Å². The standard InChI is InChI=1S/C35H39NO3/c1-27(32(25-33(37)39-34(2,3)4)36-26-28-17-9-5-10-18-28)38-35(29-19-11-6-12-20-29,30-21-13-7-14-22-30)31-23-15-8-16-24-31/h5-24,27,32,36H,25-26H2,1-4H3/t27-,32+/m0/s1. The molecule has 0 unspecified atom stereocenters. The van der Waals surface area contributed by atoms with Crippen LogP contribution in [0.15, 0.2) is 121 Å². The average molecular weight is 522 g/mol. The predicted molar refractivity (Wildman–Crippen MR) is 157 cm³/mol. The number of benzene rings is 4. The largest absolute Gasteiger partial charge is 0.460 e. The quantitative estimate of drug-likeness (QED) is 0.166. The van der Waals surface area contributed by atoms with Crippen molar-refractivity contribution in [1.82, 2.24) is 5.32 Å². The van der Waals surface area contributed by atoms with Crippen LogP contribution in [0.4, 0.5) is 0 Å². The molecule has 0 radical (unpaired) electrons. The van der Waals surface area contributed by atoms with Gasteiger partial charge in [-0.25, -0.2) is 0 Å². The highest BCUT2D eigenvalue weighted by Crippen LogP contribution is 2.41. The van der Waals surface area contributed by atoms with Gasteiger partial charge in [-0.15, -0.1) is 0 Å². The number of carbonyl (C=O) groups is 1. The Labute approximate surface area is 233 Å². The van der Waals surface area contributed by atoms with E-state index in [0.29, 0.717) is 6.54 Å². The Kier molecular flexibility index (Phi) is 9.34. The number of hydrogen-bond donors (Lipinski definition) is 1. The molecule has 0 bridgehead atoms. The second-order valence-corrected chi connectivity index (χ2v) is 10.9. The van der Waals surface area contributed by atoms with Crippen LogP contribution in [0.3, 0.4) is 0 Å². The Morgan fingerprint density at radius 2 is 1.10 bits per heavy atom. The number of nitrogens with one attached hydrogen (secondary N) is 1. The molecule has 0 aromatic heterocycles. The maximum atomic E-state index is 13.0. The van der Waals surface area contributed by atoms with Gasteiger partial charge in [-0.2, -0.15) is 0 Å². The molecule has 202 valence electrons. The van der Waals surface area contributed by atoms with E-state index in [0.717, 1.165) is 22.3 Å². The molecule has 2 atom stereocenters. The molecule has 0 fully saturated rings. The van der Waals surface area contributed by atoms with E-state index in [1.165, 1.54) is 0 Å². The number of esters is 1. The van der Waals surface area contributed by atoms with Crippen LogP contribution in [-0.2, 0) is 26.4 Å². The summed E-state index contributed by atoms with van der Waals surface area (Å²) in [5.41, 5.74) is 2.76. The Morgan fingerprint density at radius 3 is 1.51 bits per heavy atom. The zero-order chi connectivity index (χ0) is 27.7. The fourth-order valence-corrected chi connectivity index (χ4v) is 4.90. The van der Waals surface area contributed by atoms with Gasteiger partial charge in [0.25, 0.3) is 0 Å².